The molecule has 5 rings (SSSR count). The minimum Gasteiger partial charge on any atom is -0.495 e. The summed E-state index contributed by atoms with van der Waals surface area (Å²) in [4.78, 5) is 48.6. The summed E-state index contributed by atoms with van der Waals surface area (Å²) in [6.07, 6.45) is 1.91. The molecule has 1 saturated heterocycles. The maximum atomic E-state index is 14.3. The Bertz CT molecular complexity index is 1580. The minimum absolute atomic E-state index is 0.0233. The summed E-state index contributed by atoms with van der Waals surface area (Å²) in [5, 5.41) is 2.86. The number of hydrogen-bond donors (Lipinski definition) is 1. The van der Waals surface area contributed by atoms with E-state index in [1.54, 1.807) is 17.0 Å². The molecule has 3 aliphatic rings. The molecule has 2 aliphatic heterocycles. The molecule has 12 nitrogen and oxygen atoms in total. The first kappa shape index (κ1) is 35.1. The molecule has 0 bridgehead atoms. The Kier molecular flexibility index (Phi) is 10.6. The first-order valence-corrected chi connectivity index (χ1v) is 16.7. The molecule has 1 N–H and O–H groups in total. The number of methoxy groups -OCH3 is 1. The van der Waals surface area contributed by atoms with Crippen LogP contribution in [0.15, 0.2) is 41.3 Å². The smallest absolute Gasteiger partial charge is 0.274 e. The van der Waals surface area contributed by atoms with E-state index in [1.807, 2.05) is 40.6 Å². The molecule has 13 heteroatoms. The molecule has 2 aromatic rings. The fraction of sp³-hybridized carbons (Fsp3) is 0.515. The molecular formula is C33H43N3O9S. The van der Waals surface area contributed by atoms with E-state index in [-0.39, 0.29) is 40.7 Å². The Labute approximate surface area is 270 Å². The lowest BCUT2D eigenvalue weighted by Crippen LogP contribution is -2.46. The zero-order valence-electron chi connectivity index (χ0n) is 27.1. The number of carbonyl (C=O) groups excluding carboxylic acids is 4. The van der Waals surface area contributed by atoms with Crippen LogP contribution < -0.4 is 14.4 Å². The molecule has 2 aromatic carbocycles. The molecule has 1 saturated carbocycles. The lowest BCUT2D eigenvalue weighted by atomic mass is 9.69. The summed E-state index contributed by atoms with van der Waals surface area (Å²) < 4.78 is 46.2. The van der Waals surface area contributed by atoms with E-state index < -0.39 is 26.9 Å². The van der Waals surface area contributed by atoms with Gasteiger partial charge in [-0.25, -0.2) is 12.7 Å². The number of ether oxygens (including phenoxy) is 3. The zero-order valence-corrected chi connectivity index (χ0v) is 27.9. The number of benzene rings is 2. The summed E-state index contributed by atoms with van der Waals surface area (Å²) in [5.41, 5.74) is 0.710. The Morgan fingerprint density at radius 1 is 1.11 bits per heavy atom. The number of anilines is 1. The van der Waals surface area contributed by atoms with Crippen molar-refractivity contribution in [2.24, 2.45) is 0 Å². The van der Waals surface area contributed by atoms with Crippen molar-refractivity contribution in [3.63, 3.8) is 0 Å². The largest absolute Gasteiger partial charge is 0.495 e. The third-order valence-electron chi connectivity index (χ3n) is 8.50. The molecule has 0 aromatic heterocycles. The average Bonchev–Trinajstić information content (AvgIpc) is 3.25. The van der Waals surface area contributed by atoms with Gasteiger partial charge in [0.1, 0.15) is 24.0 Å². The van der Waals surface area contributed by atoms with Crippen molar-refractivity contribution in [1.82, 2.24) is 10.2 Å². The first-order chi connectivity index (χ1) is 21.8. The monoisotopic (exact) mass is 657 g/mol. The predicted octanol–water partition coefficient (Wildman–Crippen LogP) is 3.14. The van der Waals surface area contributed by atoms with Gasteiger partial charge in [0.05, 0.1) is 37.5 Å². The van der Waals surface area contributed by atoms with Crippen molar-refractivity contribution in [2.75, 3.05) is 44.3 Å². The first-order valence-electron chi connectivity index (χ1n) is 15.2. The van der Waals surface area contributed by atoms with Crippen LogP contribution in [0.1, 0.15) is 67.9 Å². The van der Waals surface area contributed by atoms with Crippen molar-refractivity contribution >= 4 is 40.2 Å². The molecule has 1 aliphatic carbocycles. The lowest BCUT2D eigenvalue weighted by Gasteiger charge is -2.36. The second-order valence-electron chi connectivity index (χ2n) is 12.8. The van der Waals surface area contributed by atoms with Gasteiger partial charge in [-0.3, -0.25) is 14.4 Å². The number of nitrogens with zero attached hydrogens (tertiary/aromatic N) is 2. The van der Waals surface area contributed by atoms with E-state index >= 15 is 0 Å². The standard InChI is InChI=1S/C32H41N3O8S.CH2O/c1-21-6-8-25-24(18-21)32(12-10-23(11-13-32)43-17-15-34-14-16-42-20-28(34)36)30(38)35(25)44(39,40)27-9-7-22(19-26(27)41-5)29(37)33-31(2,3)4;1-2/h6-9,18-19,23H,10-17,20H2,1-5H3,(H,33,37);1H2. The fourth-order valence-electron chi connectivity index (χ4n) is 6.25. The van der Waals surface area contributed by atoms with Gasteiger partial charge in [-0.2, -0.15) is 0 Å². The molecule has 0 atom stereocenters. The number of sulfonamides is 1. The van der Waals surface area contributed by atoms with E-state index in [9.17, 15) is 22.8 Å². The van der Waals surface area contributed by atoms with E-state index in [1.165, 1.54) is 25.3 Å². The molecule has 2 fully saturated rings. The van der Waals surface area contributed by atoms with Crippen molar-refractivity contribution in [1.29, 1.82) is 0 Å². The highest BCUT2D eigenvalue weighted by Gasteiger charge is 2.56. The molecule has 3 amide bonds. The van der Waals surface area contributed by atoms with E-state index in [0.717, 1.165) is 9.87 Å². The summed E-state index contributed by atoms with van der Waals surface area (Å²) in [6.45, 7) is 11.5. The molecule has 46 heavy (non-hydrogen) atoms. The minimum atomic E-state index is -4.41. The number of amides is 3. The van der Waals surface area contributed by atoms with Gasteiger partial charge < -0.3 is 29.2 Å². The van der Waals surface area contributed by atoms with Crippen LogP contribution in [0.3, 0.4) is 0 Å². The van der Waals surface area contributed by atoms with Crippen molar-refractivity contribution in [3.05, 3.63) is 53.1 Å². The SMILES string of the molecule is C=O.COc1cc(C(=O)NC(C)(C)C)ccc1S(=O)(=O)N1C(=O)C2(CCC(OCCN3CCOCC3=O)CC2)c2cc(C)ccc21. The highest BCUT2D eigenvalue weighted by Crippen LogP contribution is 2.52. The van der Waals surface area contributed by atoms with E-state index in [4.69, 9.17) is 19.0 Å². The Morgan fingerprint density at radius 3 is 2.43 bits per heavy atom. The van der Waals surface area contributed by atoms with Gasteiger partial charge in [0.15, 0.2) is 0 Å². The number of fused-ring (bicyclic) bond motifs is 2. The fourth-order valence-corrected chi connectivity index (χ4v) is 7.90. The third kappa shape index (κ3) is 6.96. The number of aryl methyl sites for hydroxylation is 1. The van der Waals surface area contributed by atoms with Gasteiger partial charge in [-0.1, -0.05) is 17.7 Å². The topological polar surface area (TPSA) is 149 Å². The number of morpholine rings is 1. The summed E-state index contributed by atoms with van der Waals surface area (Å²) in [6, 6.07) is 9.52. The molecule has 0 radical (unpaired) electrons. The number of rotatable bonds is 8. The van der Waals surface area contributed by atoms with Crippen LogP contribution in [0.4, 0.5) is 5.69 Å². The van der Waals surface area contributed by atoms with Gasteiger partial charge in [0, 0.05) is 24.2 Å². The number of hydrogen-bond acceptors (Lipinski definition) is 9. The maximum absolute atomic E-state index is 14.3. The summed E-state index contributed by atoms with van der Waals surface area (Å²) >= 11 is 0. The Hall–Kier alpha value is -3.81. The zero-order chi connectivity index (χ0) is 33.9. The Balaban J connectivity index is 0.00000235. The van der Waals surface area contributed by atoms with Crippen molar-refractivity contribution in [3.8, 4) is 5.75 Å². The second kappa shape index (κ2) is 13.9. The second-order valence-corrected chi connectivity index (χ2v) is 14.5. The number of nitrogens with one attached hydrogen (secondary N) is 1. The van der Waals surface area contributed by atoms with Gasteiger partial charge >= 0.3 is 0 Å². The molecular weight excluding hydrogens is 614 g/mol. The van der Waals surface area contributed by atoms with Crippen LogP contribution in [0.25, 0.3) is 0 Å². The van der Waals surface area contributed by atoms with Crippen LogP contribution >= 0.6 is 0 Å². The van der Waals surface area contributed by atoms with E-state index in [2.05, 4.69) is 5.32 Å². The van der Waals surface area contributed by atoms with Gasteiger partial charge in [-0.15, -0.1) is 0 Å². The van der Waals surface area contributed by atoms with Crippen LogP contribution in [-0.2, 0) is 39.3 Å². The third-order valence-corrected chi connectivity index (χ3v) is 10.2. The molecule has 1 spiro atoms. The van der Waals surface area contributed by atoms with Gasteiger partial charge in [-0.05, 0) is 83.2 Å². The Morgan fingerprint density at radius 2 is 1.80 bits per heavy atom. The maximum Gasteiger partial charge on any atom is 0.274 e. The molecule has 0 unspecified atom stereocenters. The van der Waals surface area contributed by atoms with Crippen LogP contribution in [0.2, 0.25) is 0 Å². The highest BCUT2D eigenvalue weighted by atomic mass is 32.2. The average molecular weight is 658 g/mol. The van der Waals surface area contributed by atoms with Gasteiger partial charge in [0.2, 0.25) is 5.91 Å². The van der Waals surface area contributed by atoms with Crippen LogP contribution in [0, 0.1) is 6.92 Å². The van der Waals surface area contributed by atoms with E-state index in [0.29, 0.717) is 63.2 Å². The summed E-state index contributed by atoms with van der Waals surface area (Å²) in [5.74, 6) is -0.934. The molecule has 250 valence electrons. The van der Waals surface area contributed by atoms with Crippen LogP contribution in [0.5, 0.6) is 5.75 Å². The van der Waals surface area contributed by atoms with Crippen LogP contribution in [-0.4, -0.2) is 89.5 Å². The predicted molar refractivity (Wildman–Crippen MR) is 170 cm³/mol. The van der Waals surface area contributed by atoms with Crippen molar-refractivity contribution in [2.45, 2.75) is 75.3 Å². The highest BCUT2D eigenvalue weighted by molar-refractivity contribution is 7.93. The summed E-state index contributed by atoms with van der Waals surface area (Å²) in [7, 11) is -3.07. The quantitative estimate of drug-likeness (QED) is 0.452. The van der Waals surface area contributed by atoms with Gasteiger partial charge in [0.25, 0.3) is 21.8 Å². The lowest BCUT2D eigenvalue weighted by molar-refractivity contribution is -0.144. The van der Waals surface area contributed by atoms with Crippen molar-refractivity contribution < 1.29 is 41.8 Å². The molecule has 2 heterocycles. The normalized spacial score (nSPS) is 21.5. The number of carbonyl (C=O) groups is 4.